The molecule has 0 saturated carbocycles. The van der Waals surface area contributed by atoms with Crippen LogP contribution in [0.3, 0.4) is 0 Å². The zero-order valence-corrected chi connectivity index (χ0v) is 12.9. The maximum atomic E-state index is 13.0. The van der Waals surface area contributed by atoms with Crippen molar-refractivity contribution in [3.05, 3.63) is 41.9 Å². The molecule has 0 radical (unpaired) electrons. The fourth-order valence-corrected chi connectivity index (χ4v) is 1.75. The summed E-state index contributed by atoms with van der Waals surface area (Å²) in [5.41, 5.74) is -0.280. The van der Waals surface area contributed by atoms with Crippen molar-refractivity contribution in [2.45, 2.75) is 39.0 Å². The Labute approximate surface area is 132 Å². The molecule has 0 spiro atoms. The van der Waals surface area contributed by atoms with E-state index in [1.165, 1.54) is 0 Å². The van der Waals surface area contributed by atoms with Crippen LogP contribution >= 0.6 is 0 Å². The summed E-state index contributed by atoms with van der Waals surface area (Å²) in [5, 5.41) is 5.72. The molecule has 0 saturated heterocycles. The van der Waals surface area contributed by atoms with Gasteiger partial charge in [-0.1, -0.05) is 13.0 Å². The smallest absolute Gasteiger partial charge is 0.364 e. The predicted octanol–water partition coefficient (Wildman–Crippen LogP) is 3.71. The molecule has 124 valence electrons. The molecule has 2 heterocycles. The molecule has 2 rings (SSSR count). The van der Waals surface area contributed by atoms with Crippen LogP contribution in [0.5, 0.6) is 0 Å². The summed E-state index contributed by atoms with van der Waals surface area (Å²) >= 11 is 0. The highest BCUT2D eigenvalue weighted by molar-refractivity contribution is 5.43. The molecule has 1 atom stereocenters. The first-order chi connectivity index (χ1) is 10.9. The molecule has 2 aromatic rings. The number of rotatable bonds is 6. The Morgan fingerprint density at radius 2 is 2.00 bits per heavy atom. The minimum Gasteiger partial charge on any atom is -0.364 e. The molecule has 0 aromatic carbocycles. The Morgan fingerprint density at radius 1 is 1.22 bits per heavy atom. The first-order valence-corrected chi connectivity index (χ1v) is 7.25. The van der Waals surface area contributed by atoms with Crippen LogP contribution in [0.4, 0.5) is 24.9 Å². The van der Waals surface area contributed by atoms with Crippen molar-refractivity contribution in [2.75, 3.05) is 10.6 Å². The minimum absolute atomic E-state index is 0.0258. The standard InChI is InChI=1S/C15H18F3N5/c1-3-10(2)21-14-22-12(15(16,17)18)8-13(23-14)20-9-11-6-4-5-7-19-11/h4-8,10H,3,9H2,1-2H3,(H2,20,21,22,23)/t10-/m1/s1. The molecule has 0 aliphatic rings. The number of hydrogen-bond acceptors (Lipinski definition) is 5. The molecule has 5 nitrogen and oxygen atoms in total. The topological polar surface area (TPSA) is 62.7 Å². The summed E-state index contributed by atoms with van der Waals surface area (Å²) in [4.78, 5) is 11.7. The number of aromatic nitrogens is 3. The summed E-state index contributed by atoms with van der Waals surface area (Å²) in [6.45, 7) is 4.05. The molecule has 0 aliphatic carbocycles. The molecule has 2 aromatic heterocycles. The van der Waals surface area contributed by atoms with Gasteiger partial charge in [0.15, 0.2) is 5.69 Å². The Bertz CT molecular complexity index is 631. The lowest BCUT2D eigenvalue weighted by molar-refractivity contribution is -0.141. The quantitative estimate of drug-likeness (QED) is 0.848. The van der Waals surface area contributed by atoms with Gasteiger partial charge in [-0.05, 0) is 25.5 Å². The van der Waals surface area contributed by atoms with Crippen LogP contribution in [0.15, 0.2) is 30.5 Å². The van der Waals surface area contributed by atoms with Crippen LogP contribution in [0, 0.1) is 0 Å². The highest BCUT2D eigenvalue weighted by Crippen LogP contribution is 2.29. The molecule has 0 amide bonds. The lowest BCUT2D eigenvalue weighted by Gasteiger charge is -2.15. The zero-order chi connectivity index (χ0) is 16.9. The van der Waals surface area contributed by atoms with Gasteiger partial charge in [0.1, 0.15) is 5.82 Å². The maximum Gasteiger partial charge on any atom is 0.433 e. The molecule has 23 heavy (non-hydrogen) atoms. The number of alkyl halides is 3. The lowest BCUT2D eigenvalue weighted by Crippen LogP contribution is -2.19. The van der Waals surface area contributed by atoms with E-state index in [9.17, 15) is 13.2 Å². The number of nitrogens with one attached hydrogen (secondary N) is 2. The normalized spacial score (nSPS) is 12.7. The van der Waals surface area contributed by atoms with Crippen LogP contribution in [-0.2, 0) is 12.7 Å². The maximum absolute atomic E-state index is 13.0. The summed E-state index contributed by atoms with van der Waals surface area (Å²) in [7, 11) is 0. The number of nitrogens with zero attached hydrogens (tertiary/aromatic N) is 3. The number of anilines is 2. The van der Waals surface area contributed by atoms with Gasteiger partial charge in [0.2, 0.25) is 5.95 Å². The van der Waals surface area contributed by atoms with E-state index >= 15 is 0 Å². The Morgan fingerprint density at radius 3 is 2.61 bits per heavy atom. The van der Waals surface area contributed by atoms with Crippen LogP contribution in [0.25, 0.3) is 0 Å². The van der Waals surface area contributed by atoms with Crippen LogP contribution < -0.4 is 10.6 Å². The fourth-order valence-electron chi connectivity index (χ4n) is 1.75. The van der Waals surface area contributed by atoms with Crippen LogP contribution in [0.1, 0.15) is 31.7 Å². The van der Waals surface area contributed by atoms with Gasteiger partial charge in [-0.3, -0.25) is 4.98 Å². The second-order valence-corrected chi connectivity index (χ2v) is 5.09. The Kier molecular flexibility index (Phi) is 5.36. The van der Waals surface area contributed by atoms with Gasteiger partial charge in [-0.2, -0.15) is 18.2 Å². The molecular formula is C15H18F3N5. The van der Waals surface area contributed by atoms with Gasteiger partial charge in [-0.25, -0.2) is 4.98 Å². The van der Waals surface area contributed by atoms with E-state index in [-0.39, 0.29) is 24.4 Å². The largest absolute Gasteiger partial charge is 0.433 e. The first kappa shape index (κ1) is 17.0. The van der Waals surface area contributed by atoms with Crippen LogP contribution in [0.2, 0.25) is 0 Å². The van der Waals surface area contributed by atoms with Gasteiger partial charge in [0.25, 0.3) is 0 Å². The minimum atomic E-state index is -4.53. The molecular weight excluding hydrogens is 307 g/mol. The van der Waals surface area contributed by atoms with Crippen molar-refractivity contribution < 1.29 is 13.2 Å². The third-order valence-corrected chi connectivity index (χ3v) is 3.18. The van der Waals surface area contributed by atoms with Crippen molar-refractivity contribution >= 4 is 11.8 Å². The van der Waals surface area contributed by atoms with E-state index in [2.05, 4.69) is 25.6 Å². The molecule has 0 fully saturated rings. The average molecular weight is 325 g/mol. The van der Waals surface area contributed by atoms with E-state index in [0.717, 1.165) is 12.5 Å². The van der Waals surface area contributed by atoms with E-state index in [4.69, 9.17) is 0 Å². The summed E-state index contributed by atoms with van der Waals surface area (Å²) < 4.78 is 38.9. The van der Waals surface area contributed by atoms with E-state index < -0.39 is 11.9 Å². The number of halogens is 3. The van der Waals surface area contributed by atoms with Crippen molar-refractivity contribution in [3.8, 4) is 0 Å². The second-order valence-electron chi connectivity index (χ2n) is 5.09. The molecule has 8 heteroatoms. The summed E-state index contributed by atoms with van der Waals surface area (Å²) in [5.74, 6) is 0.0569. The van der Waals surface area contributed by atoms with E-state index in [1.54, 1.807) is 24.4 Å². The highest BCUT2D eigenvalue weighted by atomic mass is 19.4. The van der Waals surface area contributed by atoms with Crippen molar-refractivity contribution in [3.63, 3.8) is 0 Å². The summed E-state index contributed by atoms with van der Waals surface area (Å²) in [6, 6.07) is 6.22. The van der Waals surface area contributed by atoms with Crippen LogP contribution in [-0.4, -0.2) is 21.0 Å². The fraction of sp³-hybridized carbons (Fsp3) is 0.400. The van der Waals surface area contributed by atoms with E-state index in [1.807, 2.05) is 13.8 Å². The monoisotopic (exact) mass is 325 g/mol. The molecule has 2 N–H and O–H groups in total. The van der Waals surface area contributed by atoms with Crippen molar-refractivity contribution in [1.82, 2.24) is 15.0 Å². The van der Waals surface area contributed by atoms with Gasteiger partial charge >= 0.3 is 6.18 Å². The first-order valence-electron chi connectivity index (χ1n) is 7.25. The SMILES string of the molecule is CC[C@@H](C)Nc1nc(NCc2ccccn2)cc(C(F)(F)F)n1. The molecule has 0 unspecified atom stereocenters. The lowest BCUT2D eigenvalue weighted by atomic mass is 10.3. The number of pyridine rings is 1. The summed E-state index contributed by atoms with van der Waals surface area (Å²) in [6.07, 6.45) is -2.17. The van der Waals surface area contributed by atoms with Gasteiger partial charge < -0.3 is 10.6 Å². The predicted molar refractivity (Wildman–Crippen MR) is 82.0 cm³/mol. The van der Waals surface area contributed by atoms with Gasteiger partial charge in [0, 0.05) is 18.3 Å². The zero-order valence-electron chi connectivity index (χ0n) is 12.9. The van der Waals surface area contributed by atoms with Gasteiger partial charge in [0.05, 0.1) is 12.2 Å². The van der Waals surface area contributed by atoms with Gasteiger partial charge in [-0.15, -0.1) is 0 Å². The Hall–Kier alpha value is -2.38. The Balaban J connectivity index is 2.21. The number of hydrogen-bond donors (Lipinski definition) is 2. The van der Waals surface area contributed by atoms with Crippen molar-refractivity contribution in [1.29, 1.82) is 0 Å². The second kappa shape index (κ2) is 7.26. The van der Waals surface area contributed by atoms with E-state index in [0.29, 0.717) is 5.69 Å². The van der Waals surface area contributed by atoms with Crippen molar-refractivity contribution in [2.24, 2.45) is 0 Å². The molecule has 0 aliphatic heterocycles. The highest BCUT2D eigenvalue weighted by Gasteiger charge is 2.33. The molecule has 0 bridgehead atoms. The third kappa shape index (κ3) is 5.08. The third-order valence-electron chi connectivity index (χ3n) is 3.18. The average Bonchev–Trinajstić information content (AvgIpc) is 2.53.